The molecule has 0 spiro atoms. The predicted molar refractivity (Wildman–Crippen MR) is 54.5 cm³/mol. The van der Waals surface area contributed by atoms with E-state index in [2.05, 4.69) is 6.92 Å². The van der Waals surface area contributed by atoms with Gasteiger partial charge in [0.25, 0.3) is 0 Å². The minimum Gasteiger partial charge on any atom is -0.854 e. The molecular weight excluding hydrogens is 160 g/mol. The molecule has 78 valence electrons. The van der Waals surface area contributed by atoms with Crippen molar-refractivity contribution in [1.29, 1.82) is 0 Å². The van der Waals surface area contributed by atoms with Crippen molar-refractivity contribution in [3.05, 3.63) is 0 Å². The van der Waals surface area contributed by atoms with E-state index in [9.17, 15) is 5.11 Å². The lowest BCUT2D eigenvalue weighted by atomic mass is 9.80. The van der Waals surface area contributed by atoms with Gasteiger partial charge in [0.2, 0.25) is 0 Å². The summed E-state index contributed by atoms with van der Waals surface area (Å²) in [7, 11) is 0. The lowest BCUT2D eigenvalue weighted by Crippen LogP contribution is -2.23. The average molecular weight is 183 g/mol. The second-order valence-electron chi connectivity index (χ2n) is 4.55. The van der Waals surface area contributed by atoms with Crippen molar-refractivity contribution in [3.8, 4) is 0 Å². The maximum atomic E-state index is 10.7. The topological polar surface area (TPSA) is 23.1 Å². The second-order valence-corrected chi connectivity index (χ2v) is 4.55. The van der Waals surface area contributed by atoms with Crippen LogP contribution in [-0.2, 0) is 0 Å². The highest BCUT2D eigenvalue weighted by Crippen LogP contribution is 2.31. The van der Waals surface area contributed by atoms with Gasteiger partial charge in [0.1, 0.15) is 0 Å². The molecule has 0 N–H and O–H groups in total. The molecule has 0 radical (unpaired) electrons. The van der Waals surface area contributed by atoms with Crippen molar-refractivity contribution in [3.63, 3.8) is 0 Å². The van der Waals surface area contributed by atoms with Crippen LogP contribution in [0.15, 0.2) is 0 Å². The van der Waals surface area contributed by atoms with Gasteiger partial charge >= 0.3 is 0 Å². The molecule has 1 rings (SSSR count). The van der Waals surface area contributed by atoms with Gasteiger partial charge in [0, 0.05) is 0 Å². The summed E-state index contributed by atoms with van der Waals surface area (Å²) >= 11 is 0. The Morgan fingerprint density at radius 2 is 1.62 bits per heavy atom. The molecule has 0 atom stereocenters. The molecule has 1 aliphatic rings. The third kappa shape index (κ3) is 4.12. The van der Waals surface area contributed by atoms with Crippen LogP contribution in [0.4, 0.5) is 0 Å². The number of hydrogen-bond acceptors (Lipinski definition) is 1. The Balaban J connectivity index is 2.03. The van der Waals surface area contributed by atoms with E-state index in [1.807, 2.05) is 0 Å². The largest absolute Gasteiger partial charge is 0.854 e. The van der Waals surface area contributed by atoms with Gasteiger partial charge in [0.05, 0.1) is 0 Å². The standard InChI is InChI=1S/C12H23O/c1-2-3-4-5-11-6-8-12(10-13)9-7-11/h11-12H,2-10H2,1H3/q-1. The first kappa shape index (κ1) is 11.0. The molecule has 0 heterocycles. The molecule has 0 bridgehead atoms. The SMILES string of the molecule is CCCCCC1CCC(C[O-])CC1. The maximum absolute atomic E-state index is 10.7. The molecule has 0 aromatic heterocycles. The summed E-state index contributed by atoms with van der Waals surface area (Å²) < 4.78 is 0. The van der Waals surface area contributed by atoms with Crippen LogP contribution in [0.1, 0.15) is 58.3 Å². The van der Waals surface area contributed by atoms with E-state index < -0.39 is 0 Å². The lowest BCUT2D eigenvalue weighted by molar-refractivity contribution is -0.380. The van der Waals surface area contributed by atoms with E-state index in [0.717, 1.165) is 5.92 Å². The van der Waals surface area contributed by atoms with Crippen LogP contribution in [0.25, 0.3) is 0 Å². The fourth-order valence-corrected chi connectivity index (χ4v) is 2.37. The van der Waals surface area contributed by atoms with Crippen LogP contribution in [-0.4, -0.2) is 6.61 Å². The molecule has 0 aromatic carbocycles. The van der Waals surface area contributed by atoms with Crippen LogP contribution < -0.4 is 5.11 Å². The van der Waals surface area contributed by atoms with Crippen LogP contribution in [0, 0.1) is 11.8 Å². The molecule has 0 amide bonds. The van der Waals surface area contributed by atoms with Crippen molar-refractivity contribution in [2.45, 2.75) is 58.3 Å². The monoisotopic (exact) mass is 183 g/mol. The zero-order valence-electron chi connectivity index (χ0n) is 8.93. The molecule has 1 saturated carbocycles. The van der Waals surface area contributed by atoms with Crippen molar-refractivity contribution < 1.29 is 5.11 Å². The Hall–Kier alpha value is -0.0400. The molecule has 0 aromatic rings. The van der Waals surface area contributed by atoms with Gasteiger partial charge in [-0.15, -0.1) is 6.61 Å². The highest BCUT2D eigenvalue weighted by molar-refractivity contribution is 4.71. The maximum Gasteiger partial charge on any atom is -0.0414 e. The second kappa shape index (κ2) is 6.42. The molecule has 0 aliphatic heterocycles. The van der Waals surface area contributed by atoms with Crippen LogP contribution >= 0.6 is 0 Å². The van der Waals surface area contributed by atoms with E-state index in [-0.39, 0.29) is 6.61 Å². The third-order valence-electron chi connectivity index (χ3n) is 3.42. The van der Waals surface area contributed by atoms with Gasteiger partial charge in [-0.05, 0) is 5.92 Å². The zero-order valence-corrected chi connectivity index (χ0v) is 8.93. The van der Waals surface area contributed by atoms with Gasteiger partial charge in [-0.25, -0.2) is 0 Å². The summed E-state index contributed by atoms with van der Waals surface area (Å²) in [5, 5.41) is 10.7. The van der Waals surface area contributed by atoms with E-state index in [1.165, 1.54) is 51.4 Å². The first-order valence-corrected chi connectivity index (χ1v) is 5.95. The summed E-state index contributed by atoms with van der Waals surface area (Å²) in [4.78, 5) is 0. The molecule has 1 heteroatoms. The van der Waals surface area contributed by atoms with Gasteiger partial charge in [0.15, 0.2) is 0 Å². The van der Waals surface area contributed by atoms with E-state index in [1.54, 1.807) is 0 Å². The zero-order chi connectivity index (χ0) is 9.52. The predicted octanol–water partition coefficient (Wildman–Crippen LogP) is 2.73. The quantitative estimate of drug-likeness (QED) is 0.601. The van der Waals surface area contributed by atoms with E-state index in [4.69, 9.17) is 0 Å². The van der Waals surface area contributed by atoms with E-state index >= 15 is 0 Å². The summed E-state index contributed by atoms with van der Waals surface area (Å²) in [5.41, 5.74) is 0. The summed E-state index contributed by atoms with van der Waals surface area (Å²) in [6.45, 7) is 2.43. The van der Waals surface area contributed by atoms with Gasteiger partial charge < -0.3 is 5.11 Å². The summed E-state index contributed by atoms with van der Waals surface area (Å²) in [5.74, 6) is 1.47. The lowest BCUT2D eigenvalue weighted by Gasteiger charge is -2.30. The highest BCUT2D eigenvalue weighted by Gasteiger charge is 2.17. The third-order valence-corrected chi connectivity index (χ3v) is 3.42. The van der Waals surface area contributed by atoms with Crippen molar-refractivity contribution in [2.24, 2.45) is 11.8 Å². The van der Waals surface area contributed by atoms with Gasteiger partial charge in [-0.3, -0.25) is 0 Å². The van der Waals surface area contributed by atoms with Crippen molar-refractivity contribution in [2.75, 3.05) is 6.61 Å². The first-order chi connectivity index (χ1) is 6.36. The molecule has 1 fully saturated rings. The minimum atomic E-state index is 0.168. The summed E-state index contributed by atoms with van der Waals surface area (Å²) in [6, 6.07) is 0. The molecule has 0 unspecified atom stereocenters. The Kier molecular flexibility index (Phi) is 5.45. The highest BCUT2D eigenvalue weighted by atomic mass is 16.3. The molecule has 1 nitrogen and oxygen atoms in total. The smallest absolute Gasteiger partial charge is 0.0414 e. The normalized spacial score (nSPS) is 29.1. The fourth-order valence-electron chi connectivity index (χ4n) is 2.37. The Morgan fingerprint density at radius 1 is 1.00 bits per heavy atom. The van der Waals surface area contributed by atoms with Crippen LogP contribution in [0.2, 0.25) is 0 Å². The number of rotatable bonds is 5. The fraction of sp³-hybridized carbons (Fsp3) is 1.00. The van der Waals surface area contributed by atoms with Crippen molar-refractivity contribution >= 4 is 0 Å². The van der Waals surface area contributed by atoms with E-state index in [0.29, 0.717) is 5.92 Å². The molecular formula is C12H23O-. The van der Waals surface area contributed by atoms with Gasteiger partial charge in [-0.1, -0.05) is 64.2 Å². The average Bonchev–Trinajstić information content (AvgIpc) is 2.19. The first-order valence-electron chi connectivity index (χ1n) is 5.95. The molecule has 0 saturated heterocycles. The molecule has 13 heavy (non-hydrogen) atoms. The summed E-state index contributed by atoms with van der Waals surface area (Å²) in [6.07, 6.45) is 10.6. The molecule has 1 aliphatic carbocycles. The Labute approximate surface area is 82.5 Å². The Morgan fingerprint density at radius 3 is 2.15 bits per heavy atom. The number of unbranched alkanes of at least 4 members (excludes halogenated alkanes) is 2. The van der Waals surface area contributed by atoms with Crippen molar-refractivity contribution in [1.82, 2.24) is 0 Å². The van der Waals surface area contributed by atoms with Crippen LogP contribution in [0.3, 0.4) is 0 Å². The number of hydrogen-bond donors (Lipinski definition) is 0. The Bertz CT molecular complexity index is 112. The van der Waals surface area contributed by atoms with Gasteiger partial charge in [-0.2, -0.15) is 0 Å². The minimum absolute atomic E-state index is 0.168. The van der Waals surface area contributed by atoms with Crippen LogP contribution in [0.5, 0.6) is 0 Å².